The van der Waals surface area contributed by atoms with E-state index in [1.54, 1.807) is 24.5 Å². The predicted octanol–water partition coefficient (Wildman–Crippen LogP) is 4.27. The maximum Gasteiger partial charge on any atom is 0.146 e. The summed E-state index contributed by atoms with van der Waals surface area (Å²) < 4.78 is 19.4. The van der Waals surface area contributed by atoms with Gasteiger partial charge in [0.15, 0.2) is 0 Å². The van der Waals surface area contributed by atoms with Gasteiger partial charge in [-0.05, 0) is 39.7 Å². The van der Waals surface area contributed by atoms with Crippen molar-refractivity contribution in [3.05, 3.63) is 52.5 Å². The Morgan fingerprint density at radius 1 is 1.25 bits per heavy atom. The highest BCUT2D eigenvalue weighted by atomic mass is 79.9. The van der Waals surface area contributed by atoms with Gasteiger partial charge in [0.1, 0.15) is 17.3 Å². The van der Waals surface area contributed by atoms with Crippen molar-refractivity contribution < 1.29 is 9.13 Å². The van der Waals surface area contributed by atoms with Crippen LogP contribution in [0.5, 0.6) is 11.5 Å². The molecule has 0 unspecified atom stereocenters. The average molecular weight is 339 g/mol. The Morgan fingerprint density at radius 2 is 2.05 bits per heavy atom. The van der Waals surface area contributed by atoms with Gasteiger partial charge in [-0.25, -0.2) is 4.39 Å². The summed E-state index contributed by atoms with van der Waals surface area (Å²) in [6.07, 6.45) is 3.39. The zero-order valence-corrected chi connectivity index (χ0v) is 12.9. The van der Waals surface area contributed by atoms with Crippen LogP contribution < -0.4 is 10.1 Å². The fourth-order valence-corrected chi connectivity index (χ4v) is 1.86. The Bertz CT molecular complexity index is 590. The van der Waals surface area contributed by atoms with Crippen molar-refractivity contribution in [3.63, 3.8) is 0 Å². The van der Waals surface area contributed by atoms with E-state index in [0.29, 0.717) is 22.0 Å². The highest BCUT2D eigenvalue weighted by Gasteiger charge is 2.04. The molecule has 0 radical (unpaired) electrons. The maximum atomic E-state index is 13.4. The van der Waals surface area contributed by atoms with Crippen LogP contribution >= 0.6 is 15.9 Å². The van der Waals surface area contributed by atoms with Crippen LogP contribution in [0.4, 0.5) is 4.39 Å². The van der Waals surface area contributed by atoms with Crippen LogP contribution in [-0.4, -0.2) is 11.0 Å². The number of benzene rings is 1. The van der Waals surface area contributed by atoms with Gasteiger partial charge in [0.25, 0.3) is 0 Å². The van der Waals surface area contributed by atoms with Crippen molar-refractivity contribution in [1.29, 1.82) is 0 Å². The molecule has 2 aromatic rings. The van der Waals surface area contributed by atoms with Gasteiger partial charge in [0, 0.05) is 24.8 Å². The summed E-state index contributed by atoms with van der Waals surface area (Å²) in [6.45, 7) is 4.88. The van der Waals surface area contributed by atoms with E-state index in [0.717, 1.165) is 12.1 Å². The number of hydrogen-bond donors (Lipinski definition) is 1. The number of nitrogens with zero attached hydrogens (tertiary/aromatic N) is 1. The third-order valence-electron chi connectivity index (χ3n) is 2.61. The van der Waals surface area contributed by atoms with Crippen LogP contribution in [0.1, 0.15) is 19.4 Å². The first-order valence-corrected chi connectivity index (χ1v) is 7.14. The van der Waals surface area contributed by atoms with E-state index >= 15 is 0 Å². The van der Waals surface area contributed by atoms with Gasteiger partial charge in [-0.3, -0.25) is 4.98 Å². The number of pyridine rings is 1. The first kappa shape index (κ1) is 14.9. The van der Waals surface area contributed by atoms with Crippen molar-refractivity contribution in [3.8, 4) is 11.5 Å². The molecule has 0 bridgehead atoms. The summed E-state index contributed by atoms with van der Waals surface area (Å²) in [5.41, 5.74) is 1.02. The quantitative estimate of drug-likeness (QED) is 0.883. The van der Waals surface area contributed by atoms with Gasteiger partial charge >= 0.3 is 0 Å². The molecule has 106 valence electrons. The van der Waals surface area contributed by atoms with Crippen molar-refractivity contribution in [2.75, 3.05) is 0 Å². The minimum atomic E-state index is -0.354. The second-order valence-corrected chi connectivity index (χ2v) is 5.60. The van der Waals surface area contributed by atoms with Crippen LogP contribution in [0.15, 0.2) is 41.1 Å². The van der Waals surface area contributed by atoms with Gasteiger partial charge < -0.3 is 10.1 Å². The Labute approximate surface area is 126 Å². The number of nitrogens with one attached hydrogen (secondary N) is 1. The molecule has 0 atom stereocenters. The van der Waals surface area contributed by atoms with Gasteiger partial charge in [0.05, 0.1) is 10.7 Å². The SMILES string of the molecule is CC(C)NCc1cncc(Oc2ccc(Br)c(F)c2)c1. The van der Waals surface area contributed by atoms with Crippen molar-refractivity contribution in [2.45, 2.75) is 26.4 Å². The first-order chi connectivity index (χ1) is 9.54. The highest BCUT2D eigenvalue weighted by Crippen LogP contribution is 2.25. The molecule has 1 heterocycles. The number of rotatable bonds is 5. The normalized spacial score (nSPS) is 10.8. The third-order valence-corrected chi connectivity index (χ3v) is 3.25. The summed E-state index contributed by atoms with van der Waals surface area (Å²) in [5.74, 6) is 0.685. The van der Waals surface area contributed by atoms with E-state index in [-0.39, 0.29) is 5.82 Å². The molecule has 5 heteroatoms. The van der Waals surface area contributed by atoms with Gasteiger partial charge in [0.2, 0.25) is 0 Å². The molecular formula is C15H16BrFN2O. The van der Waals surface area contributed by atoms with E-state index in [2.05, 4.69) is 40.1 Å². The first-order valence-electron chi connectivity index (χ1n) is 6.35. The minimum absolute atomic E-state index is 0.354. The van der Waals surface area contributed by atoms with Crippen LogP contribution in [0.3, 0.4) is 0 Å². The zero-order valence-electron chi connectivity index (χ0n) is 11.4. The number of aromatic nitrogens is 1. The summed E-state index contributed by atoms with van der Waals surface area (Å²) in [4.78, 5) is 4.13. The molecule has 0 aliphatic carbocycles. The van der Waals surface area contributed by atoms with E-state index < -0.39 is 0 Å². The Hall–Kier alpha value is -1.46. The van der Waals surface area contributed by atoms with Crippen molar-refractivity contribution in [1.82, 2.24) is 10.3 Å². The van der Waals surface area contributed by atoms with Crippen LogP contribution in [0.25, 0.3) is 0 Å². The molecule has 0 spiro atoms. The fourth-order valence-electron chi connectivity index (χ4n) is 1.61. The lowest BCUT2D eigenvalue weighted by Crippen LogP contribution is -2.21. The minimum Gasteiger partial charge on any atom is -0.456 e. The van der Waals surface area contributed by atoms with Crippen LogP contribution in [0.2, 0.25) is 0 Å². The van der Waals surface area contributed by atoms with Gasteiger partial charge in [-0.1, -0.05) is 13.8 Å². The predicted molar refractivity (Wildman–Crippen MR) is 80.4 cm³/mol. The molecule has 0 aliphatic rings. The molecule has 20 heavy (non-hydrogen) atoms. The second-order valence-electron chi connectivity index (χ2n) is 4.74. The molecule has 1 aromatic heterocycles. The van der Waals surface area contributed by atoms with E-state index in [4.69, 9.17) is 4.74 Å². The van der Waals surface area contributed by atoms with E-state index in [1.165, 1.54) is 6.07 Å². The monoisotopic (exact) mass is 338 g/mol. The number of hydrogen-bond acceptors (Lipinski definition) is 3. The maximum absolute atomic E-state index is 13.4. The summed E-state index contributed by atoms with van der Waals surface area (Å²) in [5, 5.41) is 3.31. The Morgan fingerprint density at radius 3 is 2.75 bits per heavy atom. The molecule has 2 rings (SSSR count). The average Bonchev–Trinajstić information content (AvgIpc) is 2.41. The van der Waals surface area contributed by atoms with Crippen molar-refractivity contribution >= 4 is 15.9 Å². The third kappa shape index (κ3) is 4.28. The number of halogens is 2. The van der Waals surface area contributed by atoms with E-state index in [1.807, 2.05) is 6.07 Å². The zero-order chi connectivity index (χ0) is 14.5. The highest BCUT2D eigenvalue weighted by molar-refractivity contribution is 9.10. The summed E-state index contributed by atoms with van der Waals surface area (Å²) in [6, 6.07) is 6.94. The lowest BCUT2D eigenvalue weighted by Gasteiger charge is -2.10. The van der Waals surface area contributed by atoms with E-state index in [9.17, 15) is 4.39 Å². The topological polar surface area (TPSA) is 34.2 Å². The lowest BCUT2D eigenvalue weighted by atomic mass is 10.2. The second kappa shape index (κ2) is 6.81. The lowest BCUT2D eigenvalue weighted by molar-refractivity contribution is 0.472. The van der Waals surface area contributed by atoms with Crippen LogP contribution in [-0.2, 0) is 6.54 Å². The Balaban J connectivity index is 2.08. The Kier molecular flexibility index (Phi) is 5.09. The molecule has 1 aromatic carbocycles. The van der Waals surface area contributed by atoms with Gasteiger partial charge in [-0.2, -0.15) is 0 Å². The fraction of sp³-hybridized carbons (Fsp3) is 0.267. The molecule has 0 fully saturated rings. The summed E-state index contributed by atoms with van der Waals surface area (Å²) >= 11 is 3.11. The molecule has 0 saturated heterocycles. The molecule has 0 saturated carbocycles. The summed E-state index contributed by atoms with van der Waals surface area (Å²) in [7, 11) is 0. The largest absolute Gasteiger partial charge is 0.456 e. The number of ether oxygens (including phenoxy) is 1. The molecule has 0 amide bonds. The smallest absolute Gasteiger partial charge is 0.146 e. The van der Waals surface area contributed by atoms with Gasteiger partial charge in [-0.15, -0.1) is 0 Å². The molecule has 1 N–H and O–H groups in total. The molecule has 0 aliphatic heterocycles. The van der Waals surface area contributed by atoms with Crippen molar-refractivity contribution in [2.24, 2.45) is 0 Å². The van der Waals surface area contributed by atoms with Crippen LogP contribution in [0, 0.1) is 5.82 Å². The molecule has 3 nitrogen and oxygen atoms in total. The molecular weight excluding hydrogens is 323 g/mol. The standard InChI is InChI=1S/C15H16BrFN2O/c1-10(2)19-8-11-5-13(9-18-7-11)20-12-3-4-14(16)15(17)6-12/h3-7,9-10,19H,8H2,1-2H3.